The van der Waals surface area contributed by atoms with Crippen LogP contribution in [-0.2, 0) is 0 Å². The van der Waals surface area contributed by atoms with Gasteiger partial charge in [0.2, 0.25) is 0 Å². The fourth-order valence-electron chi connectivity index (χ4n) is 2.47. The van der Waals surface area contributed by atoms with Gasteiger partial charge >= 0.3 is 0 Å². The Kier molecular flexibility index (Phi) is 2.27. The fraction of sp³-hybridized carbons (Fsp3) is 0.538. The van der Waals surface area contributed by atoms with E-state index in [0.717, 1.165) is 12.2 Å². The molecule has 0 aromatic heterocycles. The van der Waals surface area contributed by atoms with Crippen LogP contribution in [0.25, 0.3) is 0 Å². The van der Waals surface area contributed by atoms with E-state index in [1.807, 2.05) is 0 Å². The quantitative estimate of drug-likeness (QED) is 0.707. The Hall–Kier alpha value is -1.02. The molecule has 2 heteroatoms. The second-order valence-electron chi connectivity index (χ2n) is 5.17. The maximum atomic E-state index is 6.19. The summed E-state index contributed by atoms with van der Waals surface area (Å²) in [6.45, 7) is 8.37. The van der Waals surface area contributed by atoms with Crippen molar-refractivity contribution in [3.05, 3.63) is 28.8 Å². The van der Waals surface area contributed by atoms with Gasteiger partial charge in [-0.1, -0.05) is 6.07 Å². The van der Waals surface area contributed by atoms with E-state index in [4.69, 9.17) is 10.5 Å². The molecular formula is C13H19NO. The van der Waals surface area contributed by atoms with Crippen LogP contribution in [0.5, 0.6) is 5.75 Å². The molecule has 0 fully saturated rings. The standard InChI is InChI=1S/C13H19NO/c1-8-5-9(2)12-10(14)7-13(3,4)15-11(12)6-8/h5-6,10H,7,14H2,1-4H3. The smallest absolute Gasteiger partial charge is 0.125 e. The Labute approximate surface area is 91.4 Å². The molecule has 2 nitrogen and oxygen atoms in total. The predicted molar refractivity (Wildman–Crippen MR) is 62.2 cm³/mol. The molecule has 0 spiro atoms. The number of hydrogen-bond acceptors (Lipinski definition) is 2. The van der Waals surface area contributed by atoms with Gasteiger partial charge in [0.1, 0.15) is 11.4 Å². The third-order valence-corrected chi connectivity index (χ3v) is 2.96. The molecule has 1 aromatic carbocycles. The third-order valence-electron chi connectivity index (χ3n) is 2.96. The zero-order chi connectivity index (χ0) is 11.2. The number of fused-ring (bicyclic) bond motifs is 1. The second-order valence-corrected chi connectivity index (χ2v) is 5.17. The van der Waals surface area contributed by atoms with E-state index >= 15 is 0 Å². The van der Waals surface area contributed by atoms with Crippen molar-refractivity contribution >= 4 is 0 Å². The van der Waals surface area contributed by atoms with Crippen LogP contribution in [0.3, 0.4) is 0 Å². The molecule has 1 aliphatic heterocycles. The first-order valence-corrected chi connectivity index (χ1v) is 5.45. The summed E-state index contributed by atoms with van der Waals surface area (Å²) in [5, 5.41) is 0. The maximum Gasteiger partial charge on any atom is 0.125 e. The molecule has 0 aliphatic carbocycles. The normalized spacial score (nSPS) is 23.1. The number of rotatable bonds is 0. The van der Waals surface area contributed by atoms with Crippen LogP contribution in [0.1, 0.15) is 43.0 Å². The Morgan fingerprint density at radius 2 is 2.00 bits per heavy atom. The molecule has 1 unspecified atom stereocenters. The van der Waals surface area contributed by atoms with E-state index < -0.39 is 0 Å². The van der Waals surface area contributed by atoms with Gasteiger partial charge in [-0.05, 0) is 44.9 Å². The summed E-state index contributed by atoms with van der Waals surface area (Å²) in [5.74, 6) is 0.969. The second kappa shape index (κ2) is 3.24. The van der Waals surface area contributed by atoms with Crippen molar-refractivity contribution in [2.24, 2.45) is 5.73 Å². The van der Waals surface area contributed by atoms with Gasteiger partial charge in [0.15, 0.2) is 0 Å². The van der Waals surface area contributed by atoms with E-state index in [-0.39, 0.29) is 11.6 Å². The Balaban J connectivity index is 2.55. The first-order valence-electron chi connectivity index (χ1n) is 5.45. The van der Waals surface area contributed by atoms with Crippen molar-refractivity contribution in [2.45, 2.75) is 45.8 Å². The molecule has 2 rings (SSSR count). The Bertz CT molecular complexity index is 396. The Morgan fingerprint density at radius 3 is 2.67 bits per heavy atom. The van der Waals surface area contributed by atoms with Gasteiger partial charge in [0, 0.05) is 18.0 Å². The monoisotopic (exact) mass is 205 g/mol. The lowest BCUT2D eigenvalue weighted by atomic mass is 9.87. The predicted octanol–water partition coefficient (Wildman–Crippen LogP) is 2.86. The highest BCUT2D eigenvalue weighted by atomic mass is 16.5. The summed E-state index contributed by atoms with van der Waals surface area (Å²) in [6, 6.07) is 4.35. The molecule has 0 saturated heterocycles. The molecule has 0 amide bonds. The highest BCUT2D eigenvalue weighted by molar-refractivity contribution is 5.46. The molecule has 1 atom stereocenters. The lowest BCUT2D eigenvalue weighted by molar-refractivity contribution is 0.0725. The lowest BCUT2D eigenvalue weighted by Crippen LogP contribution is -2.37. The van der Waals surface area contributed by atoms with E-state index in [0.29, 0.717) is 0 Å². The van der Waals surface area contributed by atoms with Gasteiger partial charge in [-0.15, -0.1) is 0 Å². The summed E-state index contributed by atoms with van der Waals surface area (Å²) < 4.78 is 5.97. The average molecular weight is 205 g/mol. The first-order chi connectivity index (χ1) is 6.89. The first kappa shape index (κ1) is 10.5. The molecule has 0 radical (unpaired) electrons. The maximum absolute atomic E-state index is 6.19. The Morgan fingerprint density at radius 1 is 1.33 bits per heavy atom. The van der Waals surface area contributed by atoms with Crippen LogP contribution in [0.4, 0.5) is 0 Å². The summed E-state index contributed by atoms with van der Waals surface area (Å²) in [4.78, 5) is 0. The highest BCUT2D eigenvalue weighted by Crippen LogP contribution is 2.40. The molecule has 1 aliphatic rings. The van der Waals surface area contributed by atoms with Crippen LogP contribution >= 0.6 is 0 Å². The van der Waals surface area contributed by atoms with Crippen molar-refractivity contribution in [1.82, 2.24) is 0 Å². The molecular weight excluding hydrogens is 186 g/mol. The van der Waals surface area contributed by atoms with Crippen LogP contribution in [0, 0.1) is 13.8 Å². The molecule has 15 heavy (non-hydrogen) atoms. The summed E-state index contributed by atoms with van der Waals surface area (Å²) >= 11 is 0. The molecule has 0 bridgehead atoms. The van der Waals surface area contributed by atoms with E-state index in [1.165, 1.54) is 16.7 Å². The van der Waals surface area contributed by atoms with Crippen molar-refractivity contribution in [2.75, 3.05) is 0 Å². The van der Waals surface area contributed by atoms with Crippen molar-refractivity contribution < 1.29 is 4.74 Å². The van der Waals surface area contributed by atoms with Crippen LogP contribution < -0.4 is 10.5 Å². The van der Waals surface area contributed by atoms with Gasteiger partial charge in [0.25, 0.3) is 0 Å². The van der Waals surface area contributed by atoms with Gasteiger partial charge in [-0.3, -0.25) is 0 Å². The van der Waals surface area contributed by atoms with Crippen molar-refractivity contribution in [3.8, 4) is 5.75 Å². The molecule has 2 N–H and O–H groups in total. The average Bonchev–Trinajstić information content (AvgIpc) is 1.97. The number of benzene rings is 1. The van der Waals surface area contributed by atoms with Gasteiger partial charge in [-0.25, -0.2) is 0 Å². The number of nitrogens with two attached hydrogens (primary N) is 1. The third kappa shape index (κ3) is 1.86. The summed E-state index contributed by atoms with van der Waals surface area (Å²) in [5.41, 5.74) is 9.70. The molecule has 0 saturated carbocycles. The number of hydrogen-bond donors (Lipinski definition) is 1. The molecule has 1 aromatic rings. The summed E-state index contributed by atoms with van der Waals surface area (Å²) in [6.07, 6.45) is 0.879. The molecule has 1 heterocycles. The van der Waals surface area contributed by atoms with Crippen LogP contribution in [-0.4, -0.2) is 5.60 Å². The minimum absolute atomic E-state index is 0.101. The zero-order valence-corrected chi connectivity index (χ0v) is 9.92. The number of aryl methyl sites for hydroxylation is 2. The minimum atomic E-state index is -0.146. The van der Waals surface area contributed by atoms with Gasteiger partial charge < -0.3 is 10.5 Å². The van der Waals surface area contributed by atoms with E-state index in [9.17, 15) is 0 Å². The van der Waals surface area contributed by atoms with E-state index in [1.54, 1.807) is 0 Å². The largest absolute Gasteiger partial charge is 0.487 e. The fourth-order valence-corrected chi connectivity index (χ4v) is 2.47. The highest BCUT2D eigenvalue weighted by Gasteiger charge is 2.32. The van der Waals surface area contributed by atoms with Crippen molar-refractivity contribution in [3.63, 3.8) is 0 Å². The molecule has 82 valence electrons. The van der Waals surface area contributed by atoms with Crippen LogP contribution in [0.15, 0.2) is 12.1 Å². The van der Waals surface area contributed by atoms with Crippen molar-refractivity contribution in [1.29, 1.82) is 0 Å². The van der Waals surface area contributed by atoms with Crippen LogP contribution in [0.2, 0.25) is 0 Å². The van der Waals surface area contributed by atoms with E-state index in [2.05, 4.69) is 39.8 Å². The SMILES string of the molecule is Cc1cc(C)c2c(c1)OC(C)(C)CC2N. The lowest BCUT2D eigenvalue weighted by Gasteiger charge is -2.37. The number of ether oxygens (including phenoxy) is 1. The zero-order valence-electron chi connectivity index (χ0n) is 9.92. The van der Waals surface area contributed by atoms with Gasteiger partial charge in [0.05, 0.1) is 0 Å². The summed E-state index contributed by atoms with van der Waals surface area (Å²) in [7, 11) is 0. The van der Waals surface area contributed by atoms with Gasteiger partial charge in [-0.2, -0.15) is 0 Å². The minimum Gasteiger partial charge on any atom is -0.487 e. The topological polar surface area (TPSA) is 35.2 Å².